The Morgan fingerprint density at radius 1 is 0.979 bits per heavy atom. The van der Waals surface area contributed by atoms with Crippen molar-refractivity contribution in [2.75, 3.05) is 19.0 Å². The van der Waals surface area contributed by atoms with E-state index in [-0.39, 0.29) is 47.0 Å². The predicted molar refractivity (Wildman–Crippen MR) is 205 cm³/mol. The Labute approximate surface area is 297 Å². The lowest BCUT2D eigenvalue weighted by molar-refractivity contribution is -0.0711. The van der Waals surface area contributed by atoms with Crippen LogP contribution in [0, 0.1) is 23.7 Å². The van der Waals surface area contributed by atoms with Crippen molar-refractivity contribution in [3.8, 4) is 0 Å². The Balaban J connectivity index is 1.74. The van der Waals surface area contributed by atoms with E-state index in [1.54, 1.807) is 24.3 Å². The maximum atomic E-state index is 13.7. The summed E-state index contributed by atoms with van der Waals surface area (Å²) in [7, 11) is -6.95. The Morgan fingerprint density at radius 2 is 1.60 bits per heavy atom. The van der Waals surface area contributed by atoms with Gasteiger partial charge in [0.1, 0.15) is 0 Å². The second-order valence-corrected chi connectivity index (χ2v) is 28.3. The molecule has 48 heavy (non-hydrogen) atoms. The zero-order valence-electron chi connectivity index (χ0n) is 32.3. The van der Waals surface area contributed by atoms with Gasteiger partial charge in [-0.15, -0.1) is 0 Å². The average molecular weight is 723 g/mol. The molecule has 2 fully saturated rings. The van der Waals surface area contributed by atoms with Gasteiger partial charge in [-0.25, -0.2) is 8.42 Å². The topological polar surface area (TPSA) is 71.1 Å². The molecule has 0 radical (unpaired) electrons. The smallest absolute Gasteiger partial charge is 0.191 e. The third kappa shape index (κ3) is 10.8. The summed E-state index contributed by atoms with van der Waals surface area (Å²) >= 11 is 0. The van der Waals surface area contributed by atoms with Crippen molar-refractivity contribution in [2.24, 2.45) is 23.7 Å². The number of ether oxygens (including phenoxy) is 2. The molecule has 3 rings (SSSR count). The molecule has 0 aromatic heterocycles. The fraction of sp³-hybridized carbons (Fsp3) is 0.795. The van der Waals surface area contributed by atoms with E-state index in [1.165, 1.54) is 18.1 Å². The molecule has 1 aromatic rings. The molecular formula is C39H70O6SSi2. The van der Waals surface area contributed by atoms with Crippen LogP contribution in [0.15, 0.2) is 47.4 Å². The summed E-state index contributed by atoms with van der Waals surface area (Å²) < 4.78 is 54.2. The molecule has 2 aliphatic rings. The monoisotopic (exact) mass is 722 g/mol. The maximum Gasteiger partial charge on any atom is 0.191 e. The van der Waals surface area contributed by atoms with Crippen LogP contribution in [0.4, 0.5) is 0 Å². The largest absolute Gasteiger partial charge is 0.417 e. The first-order valence-corrected chi connectivity index (χ1v) is 26.0. The molecule has 0 N–H and O–H groups in total. The van der Waals surface area contributed by atoms with Gasteiger partial charge >= 0.3 is 0 Å². The number of benzene rings is 1. The van der Waals surface area contributed by atoms with Crippen molar-refractivity contribution in [3.63, 3.8) is 0 Å². The van der Waals surface area contributed by atoms with Crippen molar-refractivity contribution >= 4 is 26.5 Å². The number of hydrogen-bond donors (Lipinski definition) is 0. The van der Waals surface area contributed by atoms with Gasteiger partial charge in [0.25, 0.3) is 0 Å². The van der Waals surface area contributed by atoms with E-state index in [9.17, 15) is 8.42 Å². The normalized spacial score (nSPS) is 28.1. The number of rotatable bonds is 18. The van der Waals surface area contributed by atoms with E-state index in [4.69, 9.17) is 18.3 Å². The first kappa shape index (κ1) is 41.6. The van der Waals surface area contributed by atoms with Crippen molar-refractivity contribution < 1.29 is 26.7 Å². The first-order chi connectivity index (χ1) is 22.4. The molecule has 276 valence electrons. The van der Waals surface area contributed by atoms with Gasteiger partial charge in [-0.2, -0.15) is 0 Å². The predicted octanol–water partition coefficient (Wildman–Crippen LogP) is 10.1. The zero-order chi connectivity index (χ0) is 35.9. The van der Waals surface area contributed by atoms with Gasteiger partial charge in [0.15, 0.2) is 26.5 Å². The standard InChI is InChI=1S/C39H70O6SSi2/c1-13-48(14-2,15-3)42-23-19-20-33-25-30(5)31(6)37(44-33)26-38-35(28-46(40,41)34-21-17-16-18-22-34)32(7)36(45-38)24-29(4)27-43-47(11,12)39(8,9)10/h16-18,21-22,29-30,32-33,35-38H,6,13-15,19-20,23-28H2,1-5,7-12H3/t29-,30+,32+,33-,35+,36+,37?,38-/m0/s1. The van der Waals surface area contributed by atoms with Crippen LogP contribution in [0.2, 0.25) is 36.3 Å². The lowest BCUT2D eigenvalue weighted by Gasteiger charge is -2.38. The van der Waals surface area contributed by atoms with E-state index in [2.05, 4.69) is 82.0 Å². The maximum absolute atomic E-state index is 13.7. The molecule has 1 unspecified atom stereocenters. The Hall–Kier alpha value is -0.816. The molecular weight excluding hydrogens is 653 g/mol. The molecule has 0 saturated carbocycles. The Morgan fingerprint density at radius 3 is 2.19 bits per heavy atom. The van der Waals surface area contributed by atoms with Crippen molar-refractivity contribution in [3.05, 3.63) is 42.5 Å². The lowest BCUT2D eigenvalue weighted by atomic mass is 9.82. The van der Waals surface area contributed by atoms with Crippen LogP contribution in [0.3, 0.4) is 0 Å². The highest BCUT2D eigenvalue weighted by atomic mass is 32.2. The fourth-order valence-corrected chi connectivity index (χ4v) is 12.9. The van der Waals surface area contributed by atoms with Crippen LogP contribution in [0.1, 0.15) is 94.4 Å². The summed E-state index contributed by atoms with van der Waals surface area (Å²) in [5.74, 6) is 0.676. The Kier molecular flexibility index (Phi) is 15.3. The summed E-state index contributed by atoms with van der Waals surface area (Å²) in [4.78, 5) is 0.381. The molecule has 2 saturated heterocycles. The van der Waals surface area contributed by atoms with Gasteiger partial charge in [0.05, 0.1) is 35.1 Å². The number of sulfone groups is 1. The SMILES string of the molecule is C=C1C(C[C@@H]2O[C@H](C[C@H](C)CO[Si](C)(C)C(C)(C)C)[C@H](C)[C@H]2CS(=O)(=O)c2ccccc2)O[C@@H](CCCO[Si](CC)(CC)CC)C[C@H]1C. The van der Waals surface area contributed by atoms with Gasteiger partial charge in [0.2, 0.25) is 0 Å². The van der Waals surface area contributed by atoms with E-state index in [0.717, 1.165) is 37.9 Å². The second kappa shape index (κ2) is 17.6. The molecule has 0 spiro atoms. The van der Waals surface area contributed by atoms with Gasteiger partial charge in [-0.1, -0.05) is 87.1 Å². The van der Waals surface area contributed by atoms with Gasteiger partial charge in [-0.3, -0.25) is 0 Å². The van der Waals surface area contributed by atoms with Gasteiger partial charge in [-0.05, 0) is 97.4 Å². The van der Waals surface area contributed by atoms with Gasteiger partial charge < -0.3 is 18.3 Å². The molecule has 2 aliphatic heterocycles. The third-order valence-electron chi connectivity index (χ3n) is 12.3. The quantitative estimate of drug-likeness (QED) is 0.0854. The summed E-state index contributed by atoms with van der Waals surface area (Å²) in [6.45, 7) is 30.9. The van der Waals surface area contributed by atoms with Crippen LogP contribution < -0.4 is 0 Å². The minimum absolute atomic E-state index is 0.0358. The number of hydrogen-bond acceptors (Lipinski definition) is 6. The molecule has 0 aliphatic carbocycles. The van der Waals surface area contributed by atoms with Crippen molar-refractivity contribution in [1.82, 2.24) is 0 Å². The van der Waals surface area contributed by atoms with E-state index >= 15 is 0 Å². The third-order valence-corrected chi connectivity index (χ3v) is 23.2. The highest BCUT2D eigenvalue weighted by Gasteiger charge is 2.46. The van der Waals surface area contributed by atoms with Crippen LogP contribution in [-0.4, -0.2) is 68.4 Å². The minimum Gasteiger partial charge on any atom is -0.417 e. The van der Waals surface area contributed by atoms with Gasteiger partial charge in [0, 0.05) is 25.6 Å². The Bertz CT molecular complexity index is 1230. The lowest BCUT2D eigenvalue weighted by Crippen LogP contribution is -2.42. The second-order valence-electron chi connectivity index (χ2n) is 16.7. The van der Waals surface area contributed by atoms with E-state index in [0.29, 0.717) is 29.8 Å². The molecule has 8 atom stereocenters. The summed E-state index contributed by atoms with van der Waals surface area (Å²) in [5.41, 5.74) is 1.11. The molecule has 0 bridgehead atoms. The van der Waals surface area contributed by atoms with E-state index in [1.807, 2.05) is 6.07 Å². The zero-order valence-corrected chi connectivity index (χ0v) is 35.2. The molecule has 0 amide bonds. The van der Waals surface area contributed by atoms with Crippen molar-refractivity contribution in [2.45, 2.75) is 160 Å². The summed E-state index contributed by atoms with van der Waals surface area (Å²) in [6.07, 6.45) is 4.16. The van der Waals surface area contributed by atoms with Crippen molar-refractivity contribution in [1.29, 1.82) is 0 Å². The highest BCUT2D eigenvalue weighted by Crippen LogP contribution is 2.43. The van der Waals surface area contributed by atoms with Crippen LogP contribution in [0.25, 0.3) is 0 Å². The molecule has 2 heterocycles. The fourth-order valence-electron chi connectivity index (χ4n) is 7.33. The first-order valence-electron chi connectivity index (χ1n) is 18.9. The molecule has 9 heteroatoms. The molecule has 6 nitrogen and oxygen atoms in total. The van der Waals surface area contributed by atoms with Crippen LogP contribution in [0.5, 0.6) is 0 Å². The highest BCUT2D eigenvalue weighted by molar-refractivity contribution is 7.91. The molecule has 1 aromatic carbocycles. The van der Waals surface area contributed by atoms with E-state index < -0.39 is 26.5 Å². The van der Waals surface area contributed by atoms with Crippen LogP contribution in [-0.2, 0) is 28.2 Å². The van der Waals surface area contributed by atoms with Crippen LogP contribution >= 0.6 is 0 Å². The summed E-state index contributed by atoms with van der Waals surface area (Å²) in [6, 6.07) is 12.4. The summed E-state index contributed by atoms with van der Waals surface area (Å²) in [5, 5.41) is 0.156. The average Bonchev–Trinajstić information content (AvgIpc) is 3.31. The minimum atomic E-state index is -3.49.